The summed E-state index contributed by atoms with van der Waals surface area (Å²) < 4.78 is 5.04. The minimum atomic E-state index is -0.118. The molecule has 0 aromatic carbocycles. The fourth-order valence-corrected chi connectivity index (χ4v) is 1.50. The number of ether oxygens (including phenoxy) is 1. The van der Waals surface area contributed by atoms with E-state index < -0.39 is 0 Å². The van der Waals surface area contributed by atoms with E-state index in [1.807, 2.05) is 7.05 Å². The summed E-state index contributed by atoms with van der Waals surface area (Å²) in [5.74, 6) is -0.118. The van der Waals surface area contributed by atoms with E-state index in [-0.39, 0.29) is 11.5 Å². The summed E-state index contributed by atoms with van der Waals surface area (Å²) in [6.45, 7) is 8.07. The van der Waals surface area contributed by atoms with Crippen LogP contribution in [0.3, 0.4) is 0 Å². The molecule has 0 spiro atoms. The Hall–Kier alpha value is -0.610. The van der Waals surface area contributed by atoms with E-state index in [4.69, 9.17) is 4.74 Å². The summed E-state index contributed by atoms with van der Waals surface area (Å²) in [4.78, 5) is 13.3. The van der Waals surface area contributed by atoms with Crippen LogP contribution in [0.2, 0.25) is 0 Å². The molecule has 1 heterocycles. The third-order valence-electron chi connectivity index (χ3n) is 2.75. The molecule has 0 bridgehead atoms. The summed E-state index contributed by atoms with van der Waals surface area (Å²) in [5.41, 5.74) is -0.0426. The highest BCUT2D eigenvalue weighted by molar-refractivity contribution is 5.72. The van der Waals surface area contributed by atoms with Crippen molar-refractivity contribution in [3.05, 3.63) is 0 Å². The fraction of sp³-hybridized carbons (Fsp3) is 0.900. The summed E-state index contributed by atoms with van der Waals surface area (Å²) in [6, 6.07) is 0.389. The Labute approximate surface area is 85.6 Å². The van der Waals surface area contributed by atoms with Gasteiger partial charge in [0.05, 0.1) is 12.1 Å². The van der Waals surface area contributed by atoms with Gasteiger partial charge in [-0.1, -0.05) is 0 Å². The average molecular weight is 200 g/mol. The van der Waals surface area contributed by atoms with E-state index in [9.17, 15) is 4.79 Å². The minimum absolute atomic E-state index is 0.0426. The van der Waals surface area contributed by atoms with Gasteiger partial charge in [-0.15, -0.1) is 0 Å². The second kappa shape index (κ2) is 4.28. The molecule has 1 rings (SSSR count). The van der Waals surface area contributed by atoms with Crippen molar-refractivity contribution in [2.24, 2.45) is 0 Å². The molecule has 0 saturated carbocycles. The van der Waals surface area contributed by atoms with Crippen molar-refractivity contribution < 1.29 is 9.53 Å². The van der Waals surface area contributed by atoms with Crippen molar-refractivity contribution in [1.29, 1.82) is 0 Å². The molecule has 1 saturated heterocycles. The molecule has 0 aromatic heterocycles. The molecule has 1 aliphatic rings. The van der Waals surface area contributed by atoms with Gasteiger partial charge in [-0.2, -0.15) is 0 Å². The van der Waals surface area contributed by atoms with Gasteiger partial charge < -0.3 is 10.1 Å². The number of carbonyl (C=O) groups is 1. The highest BCUT2D eigenvalue weighted by Gasteiger charge is 2.35. The zero-order valence-electron chi connectivity index (χ0n) is 9.46. The van der Waals surface area contributed by atoms with Crippen LogP contribution in [0.5, 0.6) is 0 Å². The standard InChI is InChI=1S/C10H20N2O2/c1-8(11-4)5-12-6-9(13)14-7-10(12,2)3/h8,11H,5-7H2,1-4H3. The molecule has 1 fully saturated rings. The maximum absolute atomic E-state index is 11.1. The molecule has 1 unspecified atom stereocenters. The summed E-state index contributed by atoms with van der Waals surface area (Å²) in [5, 5.41) is 3.17. The van der Waals surface area contributed by atoms with Crippen molar-refractivity contribution >= 4 is 5.97 Å². The number of hydrogen-bond donors (Lipinski definition) is 1. The van der Waals surface area contributed by atoms with Crippen molar-refractivity contribution in [2.75, 3.05) is 26.7 Å². The molecular weight excluding hydrogens is 180 g/mol. The van der Waals surface area contributed by atoms with E-state index >= 15 is 0 Å². The zero-order valence-corrected chi connectivity index (χ0v) is 9.46. The maximum Gasteiger partial charge on any atom is 0.320 e. The molecule has 1 atom stereocenters. The van der Waals surface area contributed by atoms with E-state index in [0.29, 0.717) is 19.2 Å². The average Bonchev–Trinajstić information content (AvgIpc) is 2.12. The number of morpholine rings is 1. The number of carbonyl (C=O) groups excluding carboxylic acids is 1. The quantitative estimate of drug-likeness (QED) is 0.662. The molecule has 4 nitrogen and oxygen atoms in total. The molecule has 0 aromatic rings. The number of nitrogens with zero attached hydrogens (tertiary/aromatic N) is 1. The van der Waals surface area contributed by atoms with Crippen molar-refractivity contribution in [2.45, 2.75) is 32.4 Å². The lowest BCUT2D eigenvalue weighted by atomic mass is 10.0. The molecule has 0 radical (unpaired) electrons. The van der Waals surface area contributed by atoms with Gasteiger partial charge in [0.25, 0.3) is 0 Å². The van der Waals surface area contributed by atoms with Gasteiger partial charge in [-0.25, -0.2) is 0 Å². The van der Waals surface area contributed by atoms with Gasteiger partial charge in [0.2, 0.25) is 0 Å². The second-order valence-electron chi connectivity index (χ2n) is 4.54. The lowest BCUT2D eigenvalue weighted by Gasteiger charge is -2.42. The van der Waals surface area contributed by atoms with E-state index in [1.54, 1.807) is 0 Å². The predicted molar refractivity (Wildman–Crippen MR) is 55.1 cm³/mol. The van der Waals surface area contributed by atoms with E-state index in [1.165, 1.54) is 0 Å². The van der Waals surface area contributed by atoms with Crippen LogP contribution in [0.1, 0.15) is 20.8 Å². The fourth-order valence-electron chi connectivity index (χ4n) is 1.50. The summed E-state index contributed by atoms with van der Waals surface area (Å²) >= 11 is 0. The Balaban J connectivity index is 2.58. The first-order valence-corrected chi connectivity index (χ1v) is 5.03. The predicted octanol–water partition coefficient (Wildman–Crippen LogP) is 0.232. The maximum atomic E-state index is 11.1. The largest absolute Gasteiger partial charge is 0.463 e. The third kappa shape index (κ3) is 2.69. The molecule has 1 aliphatic heterocycles. The third-order valence-corrected chi connectivity index (χ3v) is 2.75. The van der Waals surface area contributed by atoms with E-state index in [2.05, 4.69) is 31.0 Å². The van der Waals surface area contributed by atoms with Gasteiger partial charge >= 0.3 is 5.97 Å². The first kappa shape index (κ1) is 11.5. The molecule has 0 aliphatic carbocycles. The Bertz CT molecular complexity index is 216. The first-order valence-electron chi connectivity index (χ1n) is 5.03. The van der Waals surface area contributed by atoms with Gasteiger partial charge in [-0.3, -0.25) is 9.69 Å². The number of rotatable bonds is 3. The lowest BCUT2D eigenvalue weighted by Crippen LogP contribution is -2.57. The van der Waals surface area contributed by atoms with Gasteiger partial charge in [0.1, 0.15) is 6.61 Å². The van der Waals surface area contributed by atoms with Crippen LogP contribution in [0, 0.1) is 0 Å². The zero-order chi connectivity index (χ0) is 10.8. The van der Waals surface area contributed by atoms with Crippen molar-refractivity contribution in [3.8, 4) is 0 Å². The van der Waals surface area contributed by atoms with Crippen molar-refractivity contribution in [3.63, 3.8) is 0 Å². The summed E-state index contributed by atoms with van der Waals surface area (Å²) in [7, 11) is 1.93. The van der Waals surface area contributed by atoms with Crippen LogP contribution in [0.4, 0.5) is 0 Å². The number of nitrogens with one attached hydrogen (secondary N) is 1. The van der Waals surface area contributed by atoms with Crippen LogP contribution < -0.4 is 5.32 Å². The van der Waals surface area contributed by atoms with E-state index in [0.717, 1.165) is 6.54 Å². The van der Waals surface area contributed by atoms with Crippen LogP contribution in [-0.2, 0) is 9.53 Å². The normalized spacial score (nSPS) is 24.4. The van der Waals surface area contributed by atoms with Crippen LogP contribution in [0.25, 0.3) is 0 Å². The lowest BCUT2D eigenvalue weighted by molar-refractivity contribution is -0.160. The minimum Gasteiger partial charge on any atom is -0.463 e. The number of esters is 1. The molecule has 14 heavy (non-hydrogen) atoms. The number of hydrogen-bond acceptors (Lipinski definition) is 4. The van der Waals surface area contributed by atoms with Crippen molar-refractivity contribution in [1.82, 2.24) is 10.2 Å². The van der Waals surface area contributed by atoms with Crippen LogP contribution >= 0.6 is 0 Å². The Morgan fingerprint density at radius 3 is 2.86 bits per heavy atom. The van der Waals surface area contributed by atoms with Gasteiger partial charge in [-0.05, 0) is 27.8 Å². The smallest absolute Gasteiger partial charge is 0.320 e. The molecular formula is C10H20N2O2. The highest BCUT2D eigenvalue weighted by atomic mass is 16.5. The summed E-state index contributed by atoms with van der Waals surface area (Å²) in [6.07, 6.45) is 0. The molecule has 0 amide bonds. The van der Waals surface area contributed by atoms with Crippen LogP contribution in [-0.4, -0.2) is 49.2 Å². The van der Waals surface area contributed by atoms with Gasteiger partial charge in [0.15, 0.2) is 0 Å². The monoisotopic (exact) mass is 200 g/mol. The highest BCUT2D eigenvalue weighted by Crippen LogP contribution is 2.19. The molecule has 1 N–H and O–H groups in total. The number of cyclic esters (lactones) is 1. The van der Waals surface area contributed by atoms with Gasteiger partial charge in [0, 0.05) is 12.6 Å². The Kier molecular flexibility index (Phi) is 3.50. The SMILES string of the molecule is CNC(C)CN1CC(=O)OCC1(C)C. The second-order valence-corrected chi connectivity index (χ2v) is 4.54. The first-order chi connectivity index (χ1) is 6.45. The Morgan fingerprint density at radius 2 is 2.29 bits per heavy atom. The Morgan fingerprint density at radius 1 is 1.64 bits per heavy atom. The molecule has 82 valence electrons. The number of likely N-dealkylation sites (N-methyl/N-ethyl adjacent to an activating group) is 1. The molecule has 4 heteroatoms. The van der Waals surface area contributed by atoms with Crippen LogP contribution in [0.15, 0.2) is 0 Å². The topological polar surface area (TPSA) is 41.6 Å².